The lowest BCUT2D eigenvalue weighted by Gasteiger charge is -2.35. The third-order valence-corrected chi connectivity index (χ3v) is 15.9. The van der Waals surface area contributed by atoms with Gasteiger partial charge in [0.1, 0.15) is 29.4 Å². The fourth-order valence-electron chi connectivity index (χ4n) is 8.67. The Morgan fingerprint density at radius 1 is 1.10 bits per heavy atom. The van der Waals surface area contributed by atoms with E-state index in [2.05, 4.69) is 11.9 Å². The molecule has 1 aliphatic heterocycles. The minimum Gasteiger partial charge on any atom is -0.497 e. The van der Waals surface area contributed by atoms with Gasteiger partial charge in [-0.15, -0.1) is 17.9 Å². The zero-order valence-electron chi connectivity index (χ0n) is 35.3. The number of thiazole rings is 1. The van der Waals surface area contributed by atoms with Crippen molar-refractivity contribution in [2.45, 2.75) is 129 Å². The maximum atomic E-state index is 14.9. The summed E-state index contributed by atoms with van der Waals surface area (Å²) in [6.45, 7) is 17.6. The highest BCUT2D eigenvalue weighted by molar-refractivity contribution is 7.60. The van der Waals surface area contributed by atoms with E-state index >= 15 is 0 Å². The average molecular weight is 837 g/mol. The average Bonchev–Trinajstić information content (AvgIpc) is 3.54. The van der Waals surface area contributed by atoms with Crippen LogP contribution < -0.4 is 14.8 Å². The lowest BCUT2D eigenvalue weighted by molar-refractivity contribution is -0.156. The van der Waals surface area contributed by atoms with Crippen molar-refractivity contribution in [3.8, 4) is 22.9 Å². The first-order chi connectivity index (χ1) is 27.3. The highest BCUT2D eigenvalue weighted by Gasteiger charge is 2.65. The number of carbonyl (C=O) groups excluding carboxylic acids is 3. The minimum atomic E-state index is -3.79. The number of nitrogens with one attached hydrogen (secondary N) is 1. The van der Waals surface area contributed by atoms with Gasteiger partial charge in [-0.25, -0.2) is 9.97 Å². The Bertz CT molecular complexity index is 2060. The van der Waals surface area contributed by atoms with Crippen molar-refractivity contribution in [3.63, 3.8) is 0 Å². The van der Waals surface area contributed by atoms with Crippen molar-refractivity contribution < 1.29 is 38.1 Å². The van der Waals surface area contributed by atoms with Gasteiger partial charge in [-0.2, -0.15) is 0 Å². The number of nitrogens with zero attached hydrogens (tertiary/aromatic N) is 3. The van der Waals surface area contributed by atoms with Crippen LogP contribution in [0.15, 0.2) is 42.3 Å². The van der Waals surface area contributed by atoms with E-state index in [1.165, 1.54) is 11.3 Å². The van der Waals surface area contributed by atoms with Crippen LogP contribution in [-0.2, 0) is 23.7 Å². The van der Waals surface area contributed by atoms with Crippen LogP contribution in [0.3, 0.4) is 0 Å². The van der Waals surface area contributed by atoms with Crippen LogP contribution in [0.25, 0.3) is 22.3 Å². The lowest BCUT2D eigenvalue weighted by Crippen LogP contribution is -2.48. The van der Waals surface area contributed by atoms with E-state index in [4.69, 9.17) is 24.2 Å². The molecule has 0 bridgehead atoms. The van der Waals surface area contributed by atoms with E-state index in [1.54, 1.807) is 18.1 Å². The Kier molecular flexibility index (Phi) is 13.2. The molecule has 2 aliphatic carbocycles. The van der Waals surface area contributed by atoms with E-state index in [9.17, 15) is 23.8 Å². The number of hydrogen-bond donors (Lipinski definition) is 2. The quantitative estimate of drug-likeness (QED) is 0.0760. The highest BCUT2D eigenvalue weighted by Crippen LogP contribution is 2.73. The van der Waals surface area contributed by atoms with E-state index in [0.717, 1.165) is 36.2 Å². The largest absolute Gasteiger partial charge is 0.497 e. The van der Waals surface area contributed by atoms with E-state index < -0.39 is 42.0 Å². The number of pyridine rings is 1. The molecular formula is C44H61N4O8PS. The van der Waals surface area contributed by atoms with Gasteiger partial charge >= 0.3 is 5.97 Å². The van der Waals surface area contributed by atoms with E-state index in [1.807, 2.05) is 78.1 Å². The molecule has 316 valence electrons. The Morgan fingerprint density at radius 2 is 1.83 bits per heavy atom. The minimum absolute atomic E-state index is 0.0462. The van der Waals surface area contributed by atoms with Crippen LogP contribution in [0.4, 0.5) is 5.13 Å². The second-order valence-corrected chi connectivity index (χ2v) is 21.8. The molecule has 0 spiro atoms. The number of likely N-dealkylation sites (tertiary alicyclic amines) is 1. The first-order valence-electron chi connectivity index (χ1n) is 20.7. The number of methoxy groups -OCH3 is 1. The van der Waals surface area contributed by atoms with Gasteiger partial charge in [0.25, 0.3) is 0 Å². The third-order valence-electron chi connectivity index (χ3n) is 11.9. The molecule has 6 atom stereocenters. The molecule has 2 N–H and O–H groups in total. The van der Waals surface area contributed by atoms with E-state index in [-0.39, 0.29) is 67.6 Å². The maximum Gasteiger partial charge on any atom is 0.306 e. The number of Topliss-reactive ketones (excluding diaryl/α,β-unsaturated/α-hetero) is 1. The van der Waals surface area contributed by atoms with Crippen molar-refractivity contribution in [3.05, 3.63) is 42.3 Å². The van der Waals surface area contributed by atoms with Crippen LogP contribution in [0.2, 0.25) is 0 Å². The molecule has 2 saturated carbocycles. The fourth-order valence-corrected chi connectivity index (χ4v) is 12.4. The summed E-state index contributed by atoms with van der Waals surface area (Å²) in [5.74, 6) is -1.03. The van der Waals surface area contributed by atoms with Gasteiger partial charge in [-0.05, 0) is 75.3 Å². The number of benzene rings is 1. The number of hydrogen-bond acceptors (Lipinski definition) is 11. The van der Waals surface area contributed by atoms with Crippen LogP contribution in [0.5, 0.6) is 11.5 Å². The van der Waals surface area contributed by atoms with Gasteiger partial charge in [0.15, 0.2) is 10.9 Å². The number of allylic oxidation sites excluding steroid dienone is 1. The van der Waals surface area contributed by atoms with Gasteiger partial charge in [0.05, 0.1) is 48.4 Å². The third kappa shape index (κ3) is 9.63. The SMILES string of the molecule is C=C[C@@H]1C[C@]1(CC(=O)[C@@H]1C[C@@H](Oc2cc(-c3csc(NC(C)C)n3)nc3cc(OC)ccc23)CN1C(=O)[C@@H](CC(=O)OC1CCCC1)C(C)(C)C)P(=O)(O)CC(C)C. The number of carbonyl (C=O) groups is 3. The van der Waals surface area contributed by atoms with Crippen molar-refractivity contribution in [1.29, 1.82) is 0 Å². The van der Waals surface area contributed by atoms with Gasteiger partial charge in [0, 0.05) is 47.9 Å². The molecule has 1 amide bonds. The molecule has 3 fully saturated rings. The Labute approximate surface area is 347 Å². The number of anilines is 1. The van der Waals surface area contributed by atoms with Gasteiger partial charge in [-0.1, -0.05) is 40.7 Å². The van der Waals surface area contributed by atoms with E-state index in [0.29, 0.717) is 34.8 Å². The number of ketones is 1. The normalized spacial score (nSPS) is 23.8. The fraction of sp³-hybridized carbons (Fsp3) is 0.614. The molecule has 12 nitrogen and oxygen atoms in total. The number of fused-ring (bicyclic) bond motifs is 1. The standard InChI is InChI=1S/C44H61N4O8PS/c1-10-28-21-44(28,57(52,53)24-26(2)3)22-38(49)37-18-31(23-48(37)41(51)33(43(6,7)8)19-40(50)56-29-13-11-12-14-29)55-39-20-35(36-25-58-42(47-36)45-27(4)5)46-34-17-30(54-9)15-16-32(34)39/h10,15-17,20,25-29,31,33,37H,1,11-14,18-19,21-24H2,2-9H3,(H,45,47)(H,52,53)/t28-,31-,33-,37+,44-/m1/s1. The van der Waals surface area contributed by atoms with Crippen LogP contribution in [-0.4, -0.2) is 86.7 Å². The summed E-state index contributed by atoms with van der Waals surface area (Å²) in [7, 11) is -2.20. The summed E-state index contributed by atoms with van der Waals surface area (Å²) in [4.78, 5) is 65.7. The summed E-state index contributed by atoms with van der Waals surface area (Å²) < 4.78 is 32.2. The van der Waals surface area contributed by atoms with Gasteiger partial charge in [0.2, 0.25) is 13.3 Å². The van der Waals surface area contributed by atoms with Gasteiger partial charge < -0.3 is 29.3 Å². The Balaban J connectivity index is 1.35. The Morgan fingerprint density at radius 3 is 2.45 bits per heavy atom. The second kappa shape index (κ2) is 17.4. The molecule has 6 rings (SSSR count). The summed E-state index contributed by atoms with van der Waals surface area (Å²) in [5, 5.41) is 5.63. The van der Waals surface area contributed by atoms with Crippen LogP contribution >= 0.6 is 18.7 Å². The molecule has 1 saturated heterocycles. The molecule has 2 aromatic heterocycles. The van der Waals surface area contributed by atoms with Gasteiger partial charge in [-0.3, -0.25) is 18.9 Å². The molecular weight excluding hydrogens is 776 g/mol. The van der Waals surface area contributed by atoms with Crippen molar-refractivity contribution >= 4 is 52.4 Å². The first kappa shape index (κ1) is 43.8. The lowest BCUT2D eigenvalue weighted by atomic mass is 9.77. The number of rotatable bonds is 17. The summed E-state index contributed by atoms with van der Waals surface area (Å²) in [5.41, 5.74) is 1.23. The number of ether oxygens (including phenoxy) is 3. The monoisotopic (exact) mass is 836 g/mol. The van der Waals surface area contributed by atoms with Crippen molar-refractivity contribution in [2.75, 3.05) is 25.1 Å². The predicted molar refractivity (Wildman–Crippen MR) is 229 cm³/mol. The molecule has 3 heterocycles. The van der Waals surface area contributed by atoms with Crippen LogP contribution in [0, 0.1) is 23.2 Å². The Hall–Kier alpha value is -3.80. The molecule has 3 aliphatic rings. The number of esters is 1. The predicted octanol–water partition coefficient (Wildman–Crippen LogP) is 8.90. The molecule has 58 heavy (non-hydrogen) atoms. The molecule has 0 radical (unpaired) electrons. The van der Waals surface area contributed by atoms with Crippen molar-refractivity contribution in [1.82, 2.24) is 14.9 Å². The van der Waals surface area contributed by atoms with Crippen LogP contribution in [0.1, 0.15) is 99.8 Å². The van der Waals surface area contributed by atoms with Crippen molar-refractivity contribution in [2.24, 2.45) is 23.2 Å². The second-order valence-electron chi connectivity index (χ2n) is 18.3. The molecule has 14 heteroatoms. The zero-order chi connectivity index (χ0) is 42.2. The zero-order valence-corrected chi connectivity index (χ0v) is 37.0. The summed E-state index contributed by atoms with van der Waals surface area (Å²) in [6, 6.07) is 6.63. The summed E-state index contributed by atoms with van der Waals surface area (Å²) >= 11 is 1.48. The molecule has 1 unspecified atom stereocenters. The molecule has 1 aromatic carbocycles. The topological polar surface area (TPSA) is 157 Å². The number of aromatic nitrogens is 2. The highest BCUT2D eigenvalue weighted by atomic mass is 32.1. The smallest absolute Gasteiger partial charge is 0.306 e. The first-order valence-corrected chi connectivity index (χ1v) is 23.4. The maximum absolute atomic E-state index is 14.9. The number of amides is 1. The molecule has 3 aromatic rings. The summed E-state index contributed by atoms with van der Waals surface area (Å²) in [6.07, 6.45) is 4.93.